The van der Waals surface area contributed by atoms with Crippen molar-refractivity contribution in [3.63, 3.8) is 0 Å². The molecule has 0 aromatic heterocycles. The summed E-state index contributed by atoms with van der Waals surface area (Å²) in [5.41, 5.74) is 0.963. The molecule has 7 heteroatoms. The molecule has 1 aliphatic carbocycles. The van der Waals surface area contributed by atoms with Gasteiger partial charge in [-0.2, -0.15) is 0 Å². The van der Waals surface area contributed by atoms with Gasteiger partial charge in [-0.15, -0.1) is 0 Å². The molecule has 182 valence electrons. The van der Waals surface area contributed by atoms with Gasteiger partial charge in [-0.25, -0.2) is 0 Å². The number of carbonyl (C=O) groups is 1. The highest BCUT2D eigenvalue weighted by Gasteiger charge is 2.41. The summed E-state index contributed by atoms with van der Waals surface area (Å²) >= 11 is 0. The van der Waals surface area contributed by atoms with Gasteiger partial charge < -0.3 is 10.1 Å². The molecule has 2 aromatic carbocycles. The second-order valence-corrected chi connectivity index (χ2v) is 9.82. The van der Waals surface area contributed by atoms with E-state index in [0.717, 1.165) is 74.7 Å². The third-order valence-corrected chi connectivity index (χ3v) is 7.30. The van der Waals surface area contributed by atoms with Crippen LogP contribution in [-0.2, 0) is 10.2 Å². The van der Waals surface area contributed by atoms with Crippen LogP contribution in [0.1, 0.15) is 57.4 Å². The maximum absolute atomic E-state index is 13.5. The third kappa shape index (κ3) is 5.76. The maximum atomic E-state index is 13.5. The van der Waals surface area contributed by atoms with E-state index in [2.05, 4.69) is 17.1 Å². The van der Waals surface area contributed by atoms with Crippen molar-refractivity contribution in [1.29, 1.82) is 0 Å². The number of anilines is 1. The quantitative estimate of drug-likeness (QED) is 0.408. The fraction of sp³-hybridized carbons (Fsp3) is 0.519. The number of piperidine rings is 1. The second-order valence-electron chi connectivity index (χ2n) is 9.82. The predicted molar refractivity (Wildman–Crippen MR) is 133 cm³/mol. The minimum atomic E-state index is -0.659. The SMILES string of the molecule is C[C@H]1CCCN(CCOc2ccc(NC(=O)C3(c4ccc([N+](=O)[O-])cc4)CCCCC3)cc2)C1. The number of hydrogen-bond acceptors (Lipinski definition) is 5. The lowest BCUT2D eigenvalue weighted by Crippen LogP contribution is -2.42. The van der Waals surface area contributed by atoms with Crippen LogP contribution in [0.2, 0.25) is 0 Å². The Bertz CT molecular complexity index is 968. The van der Waals surface area contributed by atoms with Gasteiger partial charge >= 0.3 is 0 Å². The van der Waals surface area contributed by atoms with E-state index in [-0.39, 0.29) is 11.6 Å². The summed E-state index contributed by atoms with van der Waals surface area (Å²) in [6.07, 6.45) is 7.09. The van der Waals surface area contributed by atoms with Crippen LogP contribution in [0.3, 0.4) is 0 Å². The Morgan fingerprint density at radius 2 is 1.79 bits per heavy atom. The van der Waals surface area contributed by atoms with Gasteiger partial charge in [0, 0.05) is 30.9 Å². The molecule has 1 atom stereocenters. The van der Waals surface area contributed by atoms with E-state index in [4.69, 9.17) is 4.74 Å². The van der Waals surface area contributed by atoms with Gasteiger partial charge in [0.05, 0.1) is 10.3 Å². The molecular weight excluding hydrogens is 430 g/mol. The molecule has 2 fully saturated rings. The smallest absolute Gasteiger partial charge is 0.269 e. The van der Waals surface area contributed by atoms with E-state index in [1.165, 1.54) is 25.0 Å². The topological polar surface area (TPSA) is 84.7 Å². The highest BCUT2D eigenvalue weighted by Crippen LogP contribution is 2.41. The molecule has 1 heterocycles. The highest BCUT2D eigenvalue weighted by atomic mass is 16.6. The summed E-state index contributed by atoms with van der Waals surface area (Å²) < 4.78 is 5.93. The van der Waals surface area contributed by atoms with Crippen LogP contribution in [-0.4, -0.2) is 42.0 Å². The summed E-state index contributed by atoms with van der Waals surface area (Å²) in [6.45, 7) is 6.18. The Morgan fingerprint density at radius 3 is 2.44 bits per heavy atom. The zero-order valence-corrected chi connectivity index (χ0v) is 20.0. The Morgan fingerprint density at radius 1 is 1.09 bits per heavy atom. The number of nitrogens with one attached hydrogen (secondary N) is 1. The summed E-state index contributed by atoms with van der Waals surface area (Å²) in [7, 11) is 0. The Labute approximate surface area is 201 Å². The fourth-order valence-electron chi connectivity index (χ4n) is 5.37. The van der Waals surface area contributed by atoms with E-state index in [9.17, 15) is 14.9 Å². The summed E-state index contributed by atoms with van der Waals surface area (Å²) in [4.78, 5) is 26.6. The first-order valence-corrected chi connectivity index (χ1v) is 12.5. The number of nitro benzene ring substituents is 1. The molecule has 0 spiro atoms. The van der Waals surface area contributed by atoms with Gasteiger partial charge in [-0.3, -0.25) is 19.8 Å². The average Bonchev–Trinajstić information content (AvgIpc) is 2.85. The number of amides is 1. The molecule has 0 unspecified atom stereocenters. The van der Waals surface area contributed by atoms with Crippen LogP contribution in [0, 0.1) is 16.0 Å². The Hall–Kier alpha value is -2.93. The van der Waals surface area contributed by atoms with Crippen molar-refractivity contribution in [2.75, 3.05) is 31.6 Å². The fourth-order valence-corrected chi connectivity index (χ4v) is 5.37. The molecule has 34 heavy (non-hydrogen) atoms. The molecule has 1 aliphatic heterocycles. The number of carbonyl (C=O) groups excluding carboxylic acids is 1. The predicted octanol–water partition coefficient (Wildman–Crippen LogP) is 5.55. The number of hydrogen-bond donors (Lipinski definition) is 1. The molecule has 0 bridgehead atoms. The molecule has 2 aliphatic rings. The molecular formula is C27H35N3O4. The molecule has 1 N–H and O–H groups in total. The van der Waals surface area contributed by atoms with Crippen molar-refractivity contribution in [1.82, 2.24) is 4.90 Å². The van der Waals surface area contributed by atoms with Crippen LogP contribution < -0.4 is 10.1 Å². The largest absolute Gasteiger partial charge is 0.492 e. The molecule has 4 rings (SSSR count). The highest BCUT2D eigenvalue weighted by molar-refractivity contribution is 5.99. The van der Waals surface area contributed by atoms with Crippen LogP contribution in [0.5, 0.6) is 5.75 Å². The van der Waals surface area contributed by atoms with Crippen molar-refractivity contribution < 1.29 is 14.5 Å². The molecule has 0 radical (unpaired) electrons. The van der Waals surface area contributed by atoms with Crippen molar-refractivity contribution in [2.45, 2.75) is 57.3 Å². The van der Waals surface area contributed by atoms with E-state index in [1.54, 1.807) is 12.1 Å². The van der Waals surface area contributed by atoms with Gasteiger partial charge in [-0.1, -0.05) is 38.3 Å². The van der Waals surface area contributed by atoms with Crippen molar-refractivity contribution in [3.05, 3.63) is 64.2 Å². The molecule has 1 saturated carbocycles. The number of benzene rings is 2. The maximum Gasteiger partial charge on any atom is 0.269 e. The van der Waals surface area contributed by atoms with Gasteiger partial charge in [-0.05, 0) is 68.0 Å². The third-order valence-electron chi connectivity index (χ3n) is 7.30. The lowest BCUT2D eigenvalue weighted by Gasteiger charge is -2.36. The number of likely N-dealkylation sites (tertiary alicyclic amines) is 1. The van der Waals surface area contributed by atoms with Crippen molar-refractivity contribution >= 4 is 17.3 Å². The molecule has 2 aromatic rings. The first kappa shape index (κ1) is 24.2. The monoisotopic (exact) mass is 465 g/mol. The second kappa shape index (κ2) is 11.0. The molecule has 1 amide bonds. The van der Waals surface area contributed by atoms with E-state index in [1.807, 2.05) is 24.3 Å². The summed E-state index contributed by atoms with van der Waals surface area (Å²) in [5.74, 6) is 1.51. The lowest BCUT2D eigenvalue weighted by atomic mass is 9.68. The van der Waals surface area contributed by atoms with Crippen LogP contribution in [0.4, 0.5) is 11.4 Å². The van der Waals surface area contributed by atoms with Gasteiger partial charge in [0.2, 0.25) is 5.91 Å². The minimum absolute atomic E-state index is 0.0421. The van der Waals surface area contributed by atoms with Crippen molar-refractivity contribution in [3.8, 4) is 5.75 Å². The molecule has 7 nitrogen and oxygen atoms in total. The number of rotatable bonds is 8. The van der Waals surface area contributed by atoms with E-state index >= 15 is 0 Å². The number of non-ortho nitro benzene ring substituents is 1. The Kier molecular flexibility index (Phi) is 7.83. The first-order chi connectivity index (χ1) is 16.5. The summed E-state index contributed by atoms with van der Waals surface area (Å²) in [5, 5.41) is 14.1. The van der Waals surface area contributed by atoms with Crippen LogP contribution in [0.25, 0.3) is 0 Å². The average molecular weight is 466 g/mol. The Balaban J connectivity index is 1.37. The lowest BCUT2D eigenvalue weighted by molar-refractivity contribution is -0.384. The first-order valence-electron chi connectivity index (χ1n) is 12.5. The van der Waals surface area contributed by atoms with Crippen LogP contribution in [0.15, 0.2) is 48.5 Å². The van der Waals surface area contributed by atoms with Crippen LogP contribution >= 0.6 is 0 Å². The summed E-state index contributed by atoms with van der Waals surface area (Å²) in [6, 6.07) is 14.0. The minimum Gasteiger partial charge on any atom is -0.492 e. The normalized spacial score (nSPS) is 20.4. The number of nitrogens with zero attached hydrogens (tertiary/aromatic N) is 2. The zero-order chi connectivity index (χ0) is 24.0. The van der Waals surface area contributed by atoms with E-state index in [0.29, 0.717) is 6.61 Å². The zero-order valence-electron chi connectivity index (χ0n) is 20.0. The van der Waals surface area contributed by atoms with Gasteiger partial charge in [0.25, 0.3) is 5.69 Å². The standard InChI is InChI=1S/C27H35N3O4/c1-21-6-5-17-29(20-21)18-19-34-25-13-9-23(10-14-25)28-26(31)27(15-3-2-4-16-27)22-7-11-24(12-8-22)30(32)33/h7-14,21H,2-6,15-20H2,1H3,(H,28,31)/t21-/m0/s1. The number of nitro groups is 1. The van der Waals surface area contributed by atoms with Crippen molar-refractivity contribution in [2.24, 2.45) is 5.92 Å². The number of ether oxygens (including phenoxy) is 1. The molecule has 1 saturated heterocycles. The van der Waals surface area contributed by atoms with E-state index < -0.39 is 10.3 Å². The van der Waals surface area contributed by atoms with Gasteiger partial charge in [0.15, 0.2) is 0 Å². The van der Waals surface area contributed by atoms with Gasteiger partial charge in [0.1, 0.15) is 12.4 Å².